The minimum atomic E-state index is -0.571. The molecule has 3 aromatic rings. The number of carbonyl (C=O) groups is 3. The summed E-state index contributed by atoms with van der Waals surface area (Å²) in [4.78, 5) is 37.3. The van der Waals surface area contributed by atoms with Crippen molar-refractivity contribution in [3.8, 4) is 5.75 Å². The largest absolute Gasteiger partial charge is 0.495 e. The van der Waals surface area contributed by atoms with E-state index in [1.165, 1.54) is 7.11 Å². The van der Waals surface area contributed by atoms with Crippen LogP contribution in [0.15, 0.2) is 72.8 Å². The van der Waals surface area contributed by atoms with Crippen LogP contribution in [-0.4, -0.2) is 24.8 Å². The predicted octanol–water partition coefficient (Wildman–Crippen LogP) is 4.01. The molecule has 3 amide bonds. The summed E-state index contributed by atoms with van der Waals surface area (Å²) >= 11 is 0. The average Bonchev–Trinajstić information content (AvgIpc) is 2.79. The van der Waals surface area contributed by atoms with E-state index in [1.54, 1.807) is 48.5 Å². The molecule has 31 heavy (non-hydrogen) atoms. The number of rotatable bonds is 5. The van der Waals surface area contributed by atoms with E-state index in [2.05, 4.69) is 16.0 Å². The number of benzene rings is 3. The summed E-state index contributed by atoms with van der Waals surface area (Å²) in [5, 5.41) is 8.43. The molecule has 1 atom stereocenters. The molecular formula is C24H21N3O4. The Morgan fingerprint density at radius 3 is 2.42 bits per heavy atom. The maximum Gasteiger partial charge on any atom is 0.255 e. The molecule has 156 valence electrons. The van der Waals surface area contributed by atoms with Crippen molar-refractivity contribution in [1.29, 1.82) is 0 Å². The van der Waals surface area contributed by atoms with Crippen molar-refractivity contribution in [2.24, 2.45) is 0 Å². The molecule has 7 nitrogen and oxygen atoms in total. The zero-order valence-corrected chi connectivity index (χ0v) is 16.8. The van der Waals surface area contributed by atoms with Gasteiger partial charge in [0.1, 0.15) is 5.75 Å². The first-order valence-electron chi connectivity index (χ1n) is 9.79. The zero-order chi connectivity index (χ0) is 21.8. The van der Waals surface area contributed by atoms with Crippen molar-refractivity contribution >= 4 is 34.8 Å². The molecule has 1 heterocycles. The van der Waals surface area contributed by atoms with Crippen molar-refractivity contribution in [1.82, 2.24) is 0 Å². The summed E-state index contributed by atoms with van der Waals surface area (Å²) in [6.45, 7) is 0. The highest BCUT2D eigenvalue weighted by atomic mass is 16.5. The molecule has 0 saturated carbocycles. The quantitative estimate of drug-likeness (QED) is 0.587. The Morgan fingerprint density at radius 1 is 0.935 bits per heavy atom. The maximum absolute atomic E-state index is 12.8. The van der Waals surface area contributed by atoms with Gasteiger partial charge in [0.15, 0.2) is 0 Å². The lowest BCUT2D eigenvalue weighted by atomic mass is 9.90. The second-order valence-electron chi connectivity index (χ2n) is 7.11. The first-order valence-corrected chi connectivity index (χ1v) is 9.79. The highest BCUT2D eigenvalue weighted by Gasteiger charge is 2.30. The SMILES string of the molecule is COc1ccccc1NC(=O)c1ccc(NC(=O)C2CC(=O)Nc3ccccc32)cc1. The third-order valence-corrected chi connectivity index (χ3v) is 5.09. The summed E-state index contributed by atoms with van der Waals surface area (Å²) in [7, 11) is 1.54. The lowest BCUT2D eigenvalue weighted by Gasteiger charge is -2.24. The van der Waals surface area contributed by atoms with Crippen LogP contribution >= 0.6 is 0 Å². The molecule has 0 saturated heterocycles. The molecule has 0 radical (unpaired) electrons. The van der Waals surface area contributed by atoms with Gasteiger partial charge in [-0.15, -0.1) is 0 Å². The lowest BCUT2D eigenvalue weighted by Crippen LogP contribution is -2.30. The van der Waals surface area contributed by atoms with Crippen LogP contribution in [-0.2, 0) is 9.59 Å². The van der Waals surface area contributed by atoms with Gasteiger partial charge in [-0.1, -0.05) is 30.3 Å². The zero-order valence-electron chi connectivity index (χ0n) is 16.8. The molecule has 1 aliphatic rings. The minimum Gasteiger partial charge on any atom is -0.495 e. The minimum absolute atomic E-state index is 0.0856. The predicted molar refractivity (Wildman–Crippen MR) is 118 cm³/mol. The molecule has 3 N–H and O–H groups in total. The van der Waals surface area contributed by atoms with E-state index in [0.29, 0.717) is 28.4 Å². The van der Waals surface area contributed by atoms with Crippen molar-refractivity contribution in [2.75, 3.05) is 23.1 Å². The van der Waals surface area contributed by atoms with Crippen LogP contribution < -0.4 is 20.7 Å². The van der Waals surface area contributed by atoms with Gasteiger partial charge in [0.05, 0.1) is 18.7 Å². The van der Waals surface area contributed by atoms with Gasteiger partial charge in [-0.25, -0.2) is 0 Å². The first-order chi connectivity index (χ1) is 15.0. The highest BCUT2D eigenvalue weighted by Crippen LogP contribution is 2.33. The van der Waals surface area contributed by atoms with Crippen molar-refractivity contribution in [2.45, 2.75) is 12.3 Å². The summed E-state index contributed by atoms with van der Waals surface area (Å²) in [5.41, 5.74) is 2.99. The van der Waals surface area contributed by atoms with Gasteiger partial charge in [-0.2, -0.15) is 0 Å². The molecule has 0 spiro atoms. The van der Waals surface area contributed by atoms with Gasteiger partial charge in [-0.3, -0.25) is 14.4 Å². The average molecular weight is 415 g/mol. The maximum atomic E-state index is 12.8. The number of carbonyl (C=O) groups excluding carboxylic acids is 3. The number of hydrogen-bond donors (Lipinski definition) is 3. The third kappa shape index (κ3) is 4.40. The van der Waals surface area contributed by atoms with Gasteiger partial charge in [0.25, 0.3) is 5.91 Å². The van der Waals surface area contributed by atoms with E-state index in [1.807, 2.05) is 24.3 Å². The summed E-state index contributed by atoms with van der Waals surface area (Å²) in [6, 6.07) is 21.0. The Hall–Kier alpha value is -4.13. The number of fused-ring (bicyclic) bond motifs is 1. The monoisotopic (exact) mass is 415 g/mol. The topological polar surface area (TPSA) is 96.5 Å². The van der Waals surface area contributed by atoms with Crippen molar-refractivity contribution < 1.29 is 19.1 Å². The second-order valence-corrected chi connectivity index (χ2v) is 7.11. The fraction of sp³-hybridized carbons (Fsp3) is 0.125. The molecule has 0 bridgehead atoms. The molecule has 3 aromatic carbocycles. The number of para-hydroxylation sites is 3. The van der Waals surface area contributed by atoms with E-state index < -0.39 is 5.92 Å². The molecule has 0 aromatic heterocycles. The van der Waals surface area contributed by atoms with Gasteiger partial charge in [0.2, 0.25) is 11.8 Å². The van der Waals surface area contributed by atoms with Gasteiger partial charge in [0, 0.05) is 23.4 Å². The number of anilines is 3. The third-order valence-electron chi connectivity index (χ3n) is 5.09. The molecule has 0 aliphatic carbocycles. The van der Waals surface area contributed by atoms with Gasteiger partial charge >= 0.3 is 0 Å². The van der Waals surface area contributed by atoms with Crippen LogP contribution in [0.5, 0.6) is 5.75 Å². The summed E-state index contributed by atoms with van der Waals surface area (Å²) in [6.07, 6.45) is 0.0856. The van der Waals surface area contributed by atoms with Crippen LogP contribution in [0.3, 0.4) is 0 Å². The molecular weight excluding hydrogens is 394 g/mol. The van der Waals surface area contributed by atoms with E-state index >= 15 is 0 Å². The Balaban J connectivity index is 1.45. The normalized spacial score (nSPS) is 14.7. The standard InChI is InChI=1S/C24H21N3O4/c1-31-21-9-5-4-8-20(21)27-23(29)15-10-12-16(13-11-15)25-24(30)18-14-22(28)26-19-7-3-2-6-17(18)19/h2-13,18H,14H2,1H3,(H,25,30)(H,26,28)(H,27,29). The Labute approximate surface area is 179 Å². The molecule has 4 rings (SSSR count). The fourth-order valence-corrected chi connectivity index (χ4v) is 3.52. The Morgan fingerprint density at radius 2 is 1.65 bits per heavy atom. The number of nitrogens with one attached hydrogen (secondary N) is 3. The number of ether oxygens (including phenoxy) is 1. The van der Waals surface area contributed by atoms with E-state index in [4.69, 9.17) is 4.74 Å². The van der Waals surface area contributed by atoms with Gasteiger partial charge in [-0.05, 0) is 48.0 Å². The Bertz CT molecular complexity index is 1140. The van der Waals surface area contributed by atoms with Gasteiger partial charge < -0.3 is 20.7 Å². The van der Waals surface area contributed by atoms with Crippen molar-refractivity contribution in [3.63, 3.8) is 0 Å². The smallest absolute Gasteiger partial charge is 0.255 e. The molecule has 7 heteroatoms. The van der Waals surface area contributed by atoms with Crippen LogP contribution in [0.4, 0.5) is 17.1 Å². The number of methoxy groups -OCH3 is 1. The lowest BCUT2D eigenvalue weighted by molar-refractivity contribution is -0.123. The first kappa shape index (κ1) is 20.2. The molecule has 0 fully saturated rings. The summed E-state index contributed by atoms with van der Waals surface area (Å²) in [5.74, 6) is -0.758. The van der Waals surface area contributed by atoms with Crippen LogP contribution in [0, 0.1) is 0 Å². The van der Waals surface area contributed by atoms with E-state index in [-0.39, 0.29) is 24.1 Å². The number of amides is 3. The molecule has 1 aliphatic heterocycles. The number of hydrogen-bond acceptors (Lipinski definition) is 4. The highest BCUT2D eigenvalue weighted by molar-refractivity contribution is 6.07. The second kappa shape index (κ2) is 8.71. The van der Waals surface area contributed by atoms with E-state index in [9.17, 15) is 14.4 Å². The molecule has 1 unspecified atom stereocenters. The van der Waals surface area contributed by atoms with E-state index in [0.717, 1.165) is 5.56 Å². The fourth-order valence-electron chi connectivity index (χ4n) is 3.52. The van der Waals surface area contributed by atoms with Crippen LogP contribution in [0.2, 0.25) is 0 Å². The van der Waals surface area contributed by atoms with Crippen LogP contribution in [0.25, 0.3) is 0 Å². The summed E-state index contributed by atoms with van der Waals surface area (Å²) < 4.78 is 5.24. The van der Waals surface area contributed by atoms with Crippen LogP contribution in [0.1, 0.15) is 28.3 Å². The Kier molecular flexibility index (Phi) is 5.66. The van der Waals surface area contributed by atoms with Crippen molar-refractivity contribution in [3.05, 3.63) is 83.9 Å².